The van der Waals surface area contributed by atoms with E-state index in [4.69, 9.17) is 14.5 Å². The van der Waals surface area contributed by atoms with Crippen molar-refractivity contribution in [2.75, 3.05) is 46.6 Å². The van der Waals surface area contributed by atoms with E-state index in [0.717, 1.165) is 58.3 Å². The Labute approximate surface area is 165 Å². The summed E-state index contributed by atoms with van der Waals surface area (Å²) >= 11 is 0. The second-order valence-corrected chi connectivity index (χ2v) is 7.01. The molecule has 24 heavy (non-hydrogen) atoms. The van der Waals surface area contributed by atoms with E-state index < -0.39 is 0 Å². The van der Waals surface area contributed by atoms with Crippen molar-refractivity contribution in [1.82, 2.24) is 10.6 Å². The van der Waals surface area contributed by atoms with Crippen LogP contribution >= 0.6 is 24.0 Å². The Morgan fingerprint density at radius 3 is 2.46 bits per heavy atom. The molecule has 1 fully saturated rings. The van der Waals surface area contributed by atoms with Crippen molar-refractivity contribution in [3.63, 3.8) is 0 Å². The molecule has 0 aromatic rings. The first-order valence-corrected chi connectivity index (χ1v) is 9.21. The molecular formula is C18H38IN3O2. The molecule has 0 atom stereocenters. The van der Waals surface area contributed by atoms with Crippen LogP contribution in [0.3, 0.4) is 0 Å². The van der Waals surface area contributed by atoms with Crippen molar-refractivity contribution >= 4 is 29.9 Å². The third-order valence-corrected chi connectivity index (χ3v) is 4.55. The highest BCUT2D eigenvalue weighted by atomic mass is 127. The van der Waals surface area contributed by atoms with Crippen LogP contribution in [0.4, 0.5) is 0 Å². The number of hydrogen-bond acceptors (Lipinski definition) is 3. The lowest BCUT2D eigenvalue weighted by atomic mass is 9.67. The predicted molar refractivity (Wildman–Crippen MR) is 112 cm³/mol. The summed E-state index contributed by atoms with van der Waals surface area (Å²) in [4.78, 5) is 4.79. The van der Waals surface area contributed by atoms with E-state index in [1.165, 1.54) is 19.3 Å². The molecule has 0 saturated heterocycles. The zero-order valence-corrected chi connectivity index (χ0v) is 18.4. The van der Waals surface area contributed by atoms with Crippen LogP contribution in [0.25, 0.3) is 0 Å². The van der Waals surface area contributed by atoms with Crippen LogP contribution in [-0.2, 0) is 9.47 Å². The number of ether oxygens (including phenoxy) is 2. The number of aliphatic imine (C=N–C) groups is 1. The highest BCUT2D eigenvalue weighted by Crippen LogP contribution is 2.44. The van der Waals surface area contributed by atoms with Crippen LogP contribution in [0, 0.1) is 11.3 Å². The van der Waals surface area contributed by atoms with Gasteiger partial charge in [-0.15, -0.1) is 24.0 Å². The second-order valence-electron chi connectivity index (χ2n) is 7.01. The maximum atomic E-state index is 5.64. The monoisotopic (exact) mass is 455 g/mol. The molecule has 0 heterocycles. The highest BCUT2D eigenvalue weighted by molar-refractivity contribution is 14.0. The SMILES string of the molecule is CCNC(=NCC1(CCOC)CCC1)NCCOCCC(C)C.I. The normalized spacial score (nSPS) is 16.5. The molecule has 1 aliphatic carbocycles. The lowest BCUT2D eigenvalue weighted by Gasteiger charge is -2.40. The van der Waals surface area contributed by atoms with Gasteiger partial charge in [0, 0.05) is 40.0 Å². The summed E-state index contributed by atoms with van der Waals surface area (Å²) in [5, 5.41) is 6.69. The molecule has 0 aliphatic heterocycles. The quantitative estimate of drug-likeness (QED) is 0.205. The summed E-state index contributed by atoms with van der Waals surface area (Å²) in [6.45, 7) is 11.5. The minimum absolute atomic E-state index is 0. The molecule has 1 rings (SSSR count). The van der Waals surface area contributed by atoms with Crippen molar-refractivity contribution in [2.24, 2.45) is 16.3 Å². The maximum Gasteiger partial charge on any atom is 0.191 e. The molecule has 2 N–H and O–H groups in total. The molecular weight excluding hydrogens is 417 g/mol. The van der Waals surface area contributed by atoms with Gasteiger partial charge in [-0.05, 0) is 43.9 Å². The first kappa shape index (κ1) is 23.9. The van der Waals surface area contributed by atoms with Gasteiger partial charge >= 0.3 is 0 Å². The fraction of sp³-hybridized carbons (Fsp3) is 0.944. The van der Waals surface area contributed by atoms with Crippen molar-refractivity contribution in [2.45, 2.75) is 52.9 Å². The van der Waals surface area contributed by atoms with E-state index in [1.54, 1.807) is 7.11 Å². The summed E-state index contributed by atoms with van der Waals surface area (Å²) in [6.07, 6.45) is 6.11. The Morgan fingerprint density at radius 1 is 1.17 bits per heavy atom. The minimum atomic E-state index is 0. The van der Waals surface area contributed by atoms with E-state index in [9.17, 15) is 0 Å². The third-order valence-electron chi connectivity index (χ3n) is 4.55. The molecule has 0 bridgehead atoms. The first-order valence-electron chi connectivity index (χ1n) is 9.21. The van der Waals surface area contributed by atoms with Crippen LogP contribution < -0.4 is 10.6 Å². The Morgan fingerprint density at radius 2 is 1.92 bits per heavy atom. The number of hydrogen-bond donors (Lipinski definition) is 2. The molecule has 1 saturated carbocycles. The third kappa shape index (κ3) is 10.0. The zero-order valence-electron chi connectivity index (χ0n) is 16.0. The van der Waals surface area contributed by atoms with Gasteiger partial charge in [0.15, 0.2) is 5.96 Å². The van der Waals surface area contributed by atoms with E-state index in [-0.39, 0.29) is 24.0 Å². The predicted octanol–water partition coefficient (Wildman–Crippen LogP) is 3.43. The lowest BCUT2D eigenvalue weighted by Crippen LogP contribution is -2.41. The van der Waals surface area contributed by atoms with Gasteiger partial charge in [0.05, 0.1) is 6.61 Å². The van der Waals surface area contributed by atoms with Crippen molar-refractivity contribution < 1.29 is 9.47 Å². The van der Waals surface area contributed by atoms with E-state index in [0.29, 0.717) is 11.3 Å². The van der Waals surface area contributed by atoms with Crippen molar-refractivity contribution in [3.05, 3.63) is 0 Å². The van der Waals surface area contributed by atoms with Crippen LogP contribution in [0.5, 0.6) is 0 Å². The molecule has 144 valence electrons. The van der Waals surface area contributed by atoms with Crippen LogP contribution in [-0.4, -0.2) is 52.5 Å². The minimum Gasteiger partial charge on any atom is -0.385 e. The fourth-order valence-electron chi connectivity index (χ4n) is 2.73. The second kappa shape index (κ2) is 14.1. The molecule has 5 nitrogen and oxygen atoms in total. The number of methoxy groups -OCH3 is 1. The number of nitrogens with one attached hydrogen (secondary N) is 2. The van der Waals surface area contributed by atoms with Gasteiger partial charge in [-0.3, -0.25) is 4.99 Å². The Bertz CT molecular complexity index is 334. The summed E-state index contributed by atoms with van der Waals surface area (Å²) in [5.41, 5.74) is 0.367. The van der Waals surface area contributed by atoms with Crippen LogP contribution in [0.1, 0.15) is 52.9 Å². The van der Waals surface area contributed by atoms with Crippen molar-refractivity contribution in [3.8, 4) is 0 Å². The standard InChI is InChI=1S/C18H37N3O2.HI/c1-5-19-17(20-11-14-23-12-7-16(2)3)21-15-18(8-6-9-18)10-13-22-4;/h16H,5-15H2,1-4H3,(H2,19,20,21);1H. The lowest BCUT2D eigenvalue weighted by molar-refractivity contribution is 0.0778. The number of rotatable bonds is 12. The Balaban J connectivity index is 0.00000529. The van der Waals surface area contributed by atoms with E-state index >= 15 is 0 Å². The first-order chi connectivity index (χ1) is 11.1. The molecule has 0 radical (unpaired) electrons. The van der Waals surface area contributed by atoms with E-state index in [2.05, 4.69) is 31.4 Å². The molecule has 1 aliphatic rings. The van der Waals surface area contributed by atoms with Gasteiger partial charge in [-0.25, -0.2) is 0 Å². The largest absolute Gasteiger partial charge is 0.385 e. The van der Waals surface area contributed by atoms with Gasteiger partial charge in [-0.1, -0.05) is 20.3 Å². The number of halogens is 1. The topological polar surface area (TPSA) is 54.9 Å². The van der Waals surface area contributed by atoms with Crippen LogP contribution in [0.15, 0.2) is 4.99 Å². The van der Waals surface area contributed by atoms with E-state index in [1.807, 2.05) is 0 Å². The van der Waals surface area contributed by atoms with Gasteiger partial charge in [0.2, 0.25) is 0 Å². The molecule has 6 heteroatoms. The summed E-state index contributed by atoms with van der Waals surface area (Å²) in [5.74, 6) is 1.61. The Hall–Kier alpha value is -0.0800. The van der Waals surface area contributed by atoms with Crippen molar-refractivity contribution in [1.29, 1.82) is 0 Å². The Kier molecular flexibility index (Phi) is 14.1. The number of nitrogens with zero attached hydrogens (tertiary/aromatic N) is 1. The fourth-order valence-corrected chi connectivity index (χ4v) is 2.73. The van der Waals surface area contributed by atoms with Gasteiger partial charge in [-0.2, -0.15) is 0 Å². The summed E-state index contributed by atoms with van der Waals surface area (Å²) < 4.78 is 10.9. The molecule has 0 unspecified atom stereocenters. The van der Waals surface area contributed by atoms with Gasteiger partial charge in [0.25, 0.3) is 0 Å². The molecule has 0 aromatic heterocycles. The summed E-state index contributed by atoms with van der Waals surface area (Å²) in [7, 11) is 1.78. The highest BCUT2D eigenvalue weighted by Gasteiger charge is 2.36. The maximum absolute atomic E-state index is 5.64. The zero-order chi connectivity index (χ0) is 17.0. The van der Waals surface area contributed by atoms with Gasteiger partial charge in [0.1, 0.15) is 0 Å². The summed E-state index contributed by atoms with van der Waals surface area (Å²) in [6, 6.07) is 0. The average Bonchev–Trinajstić information content (AvgIpc) is 2.48. The molecule has 0 aromatic carbocycles. The average molecular weight is 455 g/mol. The van der Waals surface area contributed by atoms with Gasteiger partial charge < -0.3 is 20.1 Å². The molecule has 0 spiro atoms. The number of guanidine groups is 1. The molecule has 0 amide bonds. The van der Waals surface area contributed by atoms with Crippen LogP contribution in [0.2, 0.25) is 0 Å². The smallest absolute Gasteiger partial charge is 0.191 e.